The smallest absolute Gasteiger partial charge is 0.161 e. The summed E-state index contributed by atoms with van der Waals surface area (Å²) < 4.78 is 22.8. The lowest BCUT2D eigenvalue weighted by atomic mass is 9.89. The fourth-order valence-electron chi connectivity index (χ4n) is 3.54. The largest absolute Gasteiger partial charge is 0.493 e. The maximum absolute atomic E-state index is 5.84. The Morgan fingerprint density at radius 1 is 0.852 bits per heavy atom. The Kier molecular flexibility index (Phi) is 6.45. The van der Waals surface area contributed by atoms with Gasteiger partial charge >= 0.3 is 0 Å². The van der Waals surface area contributed by atoms with Gasteiger partial charge in [-0.05, 0) is 68.1 Å². The molecule has 0 saturated carbocycles. The first-order valence-corrected chi connectivity index (χ1v) is 9.68. The van der Waals surface area contributed by atoms with E-state index >= 15 is 0 Å². The summed E-state index contributed by atoms with van der Waals surface area (Å²) in [6.45, 7) is 8.69. The number of ether oxygens (including phenoxy) is 4. The lowest BCUT2D eigenvalue weighted by molar-refractivity contribution is 0.286. The second-order valence-electron chi connectivity index (χ2n) is 6.34. The van der Waals surface area contributed by atoms with Crippen molar-refractivity contribution >= 4 is 0 Å². The van der Waals surface area contributed by atoms with Crippen LogP contribution in [0.4, 0.5) is 0 Å². The first kappa shape index (κ1) is 19.4. The molecule has 146 valence electrons. The molecule has 0 unspecified atom stereocenters. The third-order valence-corrected chi connectivity index (χ3v) is 4.68. The highest BCUT2D eigenvalue weighted by molar-refractivity contribution is 5.53. The van der Waals surface area contributed by atoms with Gasteiger partial charge < -0.3 is 24.3 Å². The third kappa shape index (κ3) is 4.14. The van der Waals surface area contributed by atoms with Crippen LogP contribution in [-0.2, 0) is 6.42 Å². The van der Waals surface area contributed by atoms with Crippen molar-refractivity contribution in [3.63, 3.8) is 0 Å². The van der Waals surface area contributed by atoms with Crippen molar-refractivity contribution in [2.24, 2.45) is 0 Å². The third-order valence-electron chi connectivity index (χ3n) is 4.68. The van der Waals surface area contributed by atoms with Crippen molar-refractivity contribution in [2.75, 3.05) is 33.5 Å². The van der Waals surface area contributed by atoms with Crippen LogP contribution in [0.15, 0.2) is 30.3 Å². The fraction of sp³-hybridized carbons (Fsp3) is 0.455. The molecule has 2 aromatic rings. The first-order valence-electron chi connectivity index (χ1n) is 9.68. The number of methoxy groups -OCH3 is 1. The molecule has 1 N–H and O–H groups in total. The molecule has 27 heavy (non-hydrogen) atoms. The van der Waals surface area contributed by atoms with Gasteiger partial charge in [-0.3, -0.25) is 0 Å². The van der Waals surface area contributed by atoms with Gasteiger partial charge in [0.15, 0.2) is 23.0 Å². The number of rotatable bonds is 8. The van der Waals surface area contributed by atoms with E-state index in [1.54, 1.807) is 7.11 Å². The Morgan fingerprint density at radius 2 is 1.48 bits per heavy atom. The van der Waals surface area contributed by atoms with Gasteiger partial charge in [0.1, 0.15) is 0 Å². The summed E-state index contributed by atoms with van der Waals surface area (Å²) in [7, 11) is 1.66. The van der Waals surface area contributed by atoms with Crippen LogP contribution < -0.4 is 24.3 Å². The zero-order chi connectivity index (χ0) is 19.2. The predicted molar refractivity (Wildman–Crippen MR) is 106 cm³/mol. The summed E-state index contributed by atoms with van der Waals surface area (Å²) in [5.41, 5.74) is 3.66. The molecule has 5 nitrogen and oxygen atoms in total. The van der Waals surface area contributed by atoms with Crippen molar-refractivity contribution in [1.82, 2.24) is 5.32 Å². The SMILES string of the molecule is CCOc1cc([C@@H]2NCCc3cc(OCC)c(OCC)cc32)ccc1OC. The number of hydrogen-bond acceptors (Lipinski definition) is 5. The molecule has 1 aliphatic heterocycles. The summed E-state index contributed by atoms with van der Waals surface area (Å²) in [6.07, 6.45) is 0.965. The predicted octanol–water partition coefficient (Wildman–Crippen LogP) is 4.13. The molecule has 0 saturated heterocycles. The number of fused-ring (bicyclic) bond motifs is 1. The van der Waals surface area contributed by atoms with Gasteiger partial charge in [0.05, 0.1) is 33.0 Å². The number of hydrogen-bond donors (Lipinski definition) is 1. The van der Waals surface area contributed by atoms with Crippen LogP contribution in [-0.4, -0.2) is 33.5 Å². The van der Waals surface area contributed by atoms with Gasteiger partial charge in [-0.15, -0.1) is 0 Å². The molecule has 1 atom stereocenters. The Bertz CT molecular complexity index is 775. The van der Waals surface area contributed by atoms with Crippen LogP contribution in [0.5, 0.6) is 23.0 Å². The Labute approximate surface area is 161 Å². The highest BCUT2D eigenvalue weighted by Gasteiger charge is 2.25. The van der Waals surface area contributed by atoms with E-state index in [4.69, 9.17) is 18.9 Å². The Hall–Kier alpha value is -2.40. The number of benzene rings is 2. The van der Waals surface area contributed by atoms with E-state index in [0.29, 0.717) is 19.8 Å². The van der Waals surface area contributed by atoms with Crippen molar-refractivity contribution in [1.29, 1.82) is 0 Å². The maximum Gasteiger partial charge on any atom is 0.161 e. The van der Waals surface area contributed by atoms with E-state index in [0.717, 1.165) is 41.5 Å². The minimum Gasteiger partial charge on any atom is -0.493 e. The van der Waals surface area contributed by atoms with Crippen molar-refractivity contribution in [3.05, 3.63) is 47.0 Å². The second kappa shape index (κ2) is 9.00. The average molecular weight is 371 g/mol. The van der Waals surface area contributed by atoms with Crippen molar-refractivity contribution in [3.8, 4) is 23.0 Å². The molecule has 1 heterocycles. The summed E-state index contributed by atoms with van der Waals surface area (Å²) in [4.78, 5) is 0. The number of nitrogens with one attached hydrogen (secondary N) is 1. The Morgan fingerprint density at radius 3 is 2.11 bits per heavy atom. The molecule has 2 aromatic carbocycles. The summed E-state index contributed by atoms with van der Waals surface area (Å²) in [5.74, 6) is 3.13. The topological polar surface area (TPSA) is 49.0 Å². The minimum absolute atomic E-state index is 0.0775. The van der Waals surface area contributed by atoms with Crippen LogP contribution in [0.3, 0.4) is 0 Å². The molecule has 1 aliphatic rings. The van der Waals surface area contributed by atoms with E-state index in [-0.39, 0.29) is 6.04 Å². The summed E-state index contributed by atoms with van der Waals surface area (Å²) in [5, 5.41) is 3.63. The van der Waals surface area contributed by atoms with Crippen LogP contribution >= 0.6 is 0 Å². The first-order chi connectivity index (χ1) is 13.2. The van der Waals surface area contributed by atoms with E-state index in [1.165, 1.54) is 11.1 Å². The highest BCUT2D eigenvalue weighted by Crippen LogP contribution is 2.39. The molecule has 0 amide bonds. The molecule has 5 heteroatoms. The van der Waals surface area contributed by atoms with Crippen LogP contribution in [0, 0.1) is 0 Å². The molecule has 3 rings (SSSR count). The zero-order valence-corrected chi connectivity index (χ0v) is 16.6. The van der Waals surface area contributed by atoms with E-state index in [1.807, 2.05) is 26.8 Å². The fourth-order valence-corrected chi connectivity index (χ4v) is 3.54. The molecule has 0 bridgehead atoms. The quantitative estimate of drug-likeness (QED) is 0.756. The lowest BCUT2D eigenvalue weighted by Crippen LogP contribution is -2.30. The minimum atomic E-state index is 0.0775. The van der Waals surface area contributed by atoms with E-state index < -0.39 is 0 Å². The normalized spacial score (nSPS) is 15.8. The van der Waals surface area contributed by atoms with E-state index in [2.05, 4.69) is 29.6 Å². The zero-order valence-electron chi connectivity index (χ0n) is 16.6. The molecule has 0 radical (unpaired) electrons. The van der Waals surface area contributed by atoms with Gasteiger partial charge in [-0.2, -0.15) is 0 Å². The average Bonchev–Trinajstić information content (AvgIpc) is 2.68. The van der Waals surface area contributed by atoms with Gasteiger partial charge in [0, 0.05) is 6.54 Å². The molecular weight excluding hydrogens is 342 g/mol. The van der Waals surface area contributed by atoms with Gasteiger partial charge in [0.25, 0.3) is 0 Å². The maximum atomic E-state index is 5.84. The standard InChI is InChI=1S/C22H29NO4/c1-5-25-19-13-16(8-9-18(19)24-4)22-17-14-21(27-7-3)20(26-6-2)12-15(17)10-11-23-22/h8-9,12-14,22-23H,5-7,10-11H2,1-4H3/t22-/m0/s1. The molecular formula is C22H29NO4. The Balaban J connectivity index is 2.02. The summed E-state index contributed by atoms with van der Waals surface area (Å²) >= 11 is 0. The van der Waals surface area contributed by atoms with E-state index in [9.17, 15) is 0 Å². The van der Waals surface area contributed by atoms with Crippen LogP contribution in [0.2, 0.25) is 0 Å². The second-order valence-corrected chi connectivity index (χ2v) is 6.34. The van der Waals surface area contributed by atoms with Crippen molar-refractivity contribution in [2.45, 2.75) is 33.2 Å². The van der Waals surface area contributed by atoms with Crippen molar-refractivity contribution < 1.29 is 18.9 Å². The molecule has 0 spiro atoms. The van der Waals surface area contributed by atoms with Crippen LogP contribution in [0.25, 0.3) is 0 Å². The molecule has 0 aromatic heterocycles. The molecule has 0 fully saturated rings. The van der Waals surface area contributed by atoms with Crippen LogP contribution in [0.1, 0.15) is 43.5 Å². The van der Waals surface area contributed by atoms with Gasteiger partial charge in [-0.1, -0.05) is 6.07 Å². The van der Waals surface area contributed by atoms with Gasteiger partial charge in [0.2, 0.25) is 0 Å². The summed E-state index contributed by atoms with van der Waals surface area (Å²) in [6, 6.07) is 10.4. The molecule has 0 aliphatic carbocycles. The monoisotopic (exact) mass is 371 g/mol. The lowest BCUT2D eigenvalue weighted by Gasteiger charge is -2.29. The highest BCUT2D eigenvalue weighted by atomic mass is 16.5. The van der Waals surface area contributed by atoms with Gasteiger partial charge in [-0.25, -0.2) is 0 Å².